The molecule has 4 rings (SSSR count). The Hall–Kier alpha value is -3.53. The molecule has 0 spiro atoms. The van der Waals surface area contributed by atoms with Gasteiger partial charge in [-0.25, -0.2) is 0 Å². The van der Waals surface area contributed by atoms with Gasteiger partial charge in [-0.15, -0.1) is 0 Å². The summed E-state index contributed by atoms with van der Waals surface area (Å²) in [6.45, 7) is 1.78. The van der Waals surface area contributed by atoms with E-state index in [4.69, 9.17) is 39.8 Å². The number of non-ortho nitro benzene ring substituents is 1. The zero-order chi connectivity index (χ0) is 23.9. The van der Waals surface area contributed by atoms with E-state index in [1.165, 1.54) is 18.2 Å². The number of carbonyl (C=O) groups is 2. The Bertz CT molecular complexity index is 1380. The summed E-state index contributed by atoms with van der Waals surface area (Å²) >= 11 is 17.5. The van der Waals surface area contributed by atoms with Crippen LogP contribution in [-0.4, -0.2) is 21.9 Å². The second-order valence-corrected chi connectivity index (χ2v) is 8.16. The van der Waals surface area contributed by atoms with Gasteiger partial charge in [0.15, 0.2) is 5.11 Å². The predicted octanol–water partition coefficient (Wildman–Crippen LogP) is 5.30. The number of nitrogens with one attached hydrogen (secondary N) is 1. The summed E-state index contributed by atoms with van der Waals surface area (Å²) < 4.78 is 5.77. The topological polar surface area (TPSA) is 106 Å². The molecule has 2 heterocycles. The van der Waals surface area contributed by atoms with Crippen molar-refractivity contribution in [3.8, 4) is 11.3 Å². The molecule has 2 aromatic carbocycles. The minimum atomic E-state index is -0.711. The highest BCUT2D eigenvalue weighted by molar-refractivity contribution is 7.80. The van der Waals surface area contributed by atoms with Crippen LogP contribution in [0, 0.1) is 17.0 Å². The SMILES string of the molecule is Cc1ccc([N+](=O)[O-])cc1-c1ccc(/C=C2\C(=O)NC(=S)N(c3cccc(Cl)c3Cl)C2=O)o1. The maximum Gasteiger partial charge on any atom is 0.270 e. The third-order valence-corrected chi connectivity index (χ3v) is 5.98. The summed E-state index contributed by atoms with van der Waals surface area (Å²) in [7, 11) is 0. The van der Waals surface area contributed by atoms with E-state index in [-0.39, 0.29) is 37.9 Å². The summed E-state index contributed by atoms with van der Waals surface area (Å²) in [4.78, 5) is 37.3. The molecule has 1 fully saturated rings. The number of nitrogens with zero attached hydrogens (tertiary/aromatic N) is 2. The molecule has 2 amide bonds. The molecule has 0 atom stereocenters. The van der Waals surface area contributed by atoms with Crippen LogP contribution in [0.4, 0.5) is 11.4 Å². The first-order valence-electron chi connectivity index (χ1n) is 9.38. The van der Waals surface area contributed by atoms with Gasteiger partial charge < -0.3 is 4.42 Å². The van der Waals surface area contributed by atoms with Crippen molar-refractivity contribution in [3.63, 3.8) is 0 Å². The number of nitro groups is 1. The number of benzene rings is 2. The Morgan fingerprint density at radius 3 is 2.64 bits per heavy atom. The van der Waals surface area contributed by atoms with Gasteiger partial charge in [-0.2, -0.15) is 0 Å². The number of carbonyl (C=O) groups excluding carboxylic acids is 2. The molecule has 8 nitrogen and oxygen atoms in total. The van der Waals surface area contributed by atoms with Crippen LogP contribution in [0.25, 0.3) is 17.4 Å². The molecule has 0 saturated carbocycles. The van der Waals surface area contributed by atoms with Crippen molar-refractivity contribution >= 4 is 69.8 Å². The molecule has 0 radical (unpaired) electrons. The zero-order valence-electron chi connectivity index (χ0n) is 16.8. The number of furan rings is 1. The van der Waals surface area contributed by atoms with Crippen LogP contribution in [0.1, 0.15) is 11.3 Å². The van der Waals surface area contributed by atoms with Gasteiger partial charge in [0.2, 0.25) is 0 Å². The van der Waals surface area contributed by atoms with Crippen LogP contribution >= 0.6 is 35.4 Å². The molecule has 166 valence electrons. The van der Waals surface area contributed by atoms with Gasteiger partial charge in [-0.05, 0) is 55.0 Å². The number of aryl methyl sites for hydroxylation is 1. The highest BCUT2D eigenvalue weighted by Gasteiger charge is 2.36. The lowest BCUT2D eigenvalue weighted by molar-refractivity contribution is -0.384. The Labute approximate surface area is 202 Å². The number of hydrogen-bond acceptors (Lipinski definition) is 6. The average Bonchev–Trinajstić information content (AvgIpc) is 3.22. The second-order valence-electron chi connectivity index (χ2n) is 6.99. The molecule has 1 aliphatic heterocycles. The lowest BCUT2D eigenvalue weighted by Crippen LogP contribution is -2.54. The second kappa shape index (κ2) is 8.78. The minimum Gasteiger partial charge on any atom is -0.457 e. The average molecular weight is 502 g/mol. The van der Waals surface area contributed by atoms with Gasteiger partial charge >= 0.3 is 0 Å². The van der Waals surface area contributed by atoms with E-state index in [9.17, 15) is 19.7 Å². The fourth-order valence-electron chi connectivity index (χ4n) is 3.25. The van der Waals surface area contributed by atoms with Crippen LogP contribution in [-0.2, 0) is 9.59 Å². The van der Waals surface area contributed by atoms with E-state index in [1.54, 1.807) is 43.3 Å². The summed E-state index contributed by atoms with van der Waals surface area (Å²) in [6.07, 6.45) is 1.26. The molecular formula is C22H13Cl2N3O5S. The van der Waals surface area contributed by atoms with Crippen molar-refractivity contribution in [3.05, 3.63) is 85.6 Å². The Balaban J connectivity index is 1.72. The third kappa shape index (κ3) is 4.25. The highest BCUT2D eigenvalue weighted by atomic mass is 35.5. The highest BCUT2D eigenvalue weighted by Crippen LogP contribution is 2.35. The van der Waals surface area contributed by atoms with E-state index in [0.29, 0.717) is 11.3 Å². The van der Waals surface area contributed by atoms with Crippen LogP contribution < -0.4 is 10.2 Å². The molecule has 1 aliphatic rings. The molecule has 11 heteroatoms. The van der Waals surface area contributed by atoms with E-state index < -0.39 is 16.7 Å². The molecular weight excluding hydrogens is 489 g/mol. The van der Waals surface area contributed by atoms with Crippen molar-refractivity contribution < 1.29 is 18.9 Å². The van der Waals surface area contributed by atoms with Gasteiger partial charge in [0.25, 0.3) is 17.5 Å². The number of hydrogen-bond donors (Lipinski definition) is 1. The Kier molecular flexibility index (Phi) is 6.03. The number of amides is 2. The number of nitro benzene ring substituents is 1. The third-order valence-electron chi connectivity index (χ3n) is 4.88. The zero-order valence-corrected chi connectivity index (χ0v) is 19.1. The minimum absolute atomic E-state index is 0.0868. The normalized spacial score (nSPS) is 15.2. The van der Waals surface area contributed by atoms with Gasteiger partial charge in [0.1, 0.15) is 17.1 Å². The fourth-order valence-corrected chi connectivity index (χ4v) is 3.90. The van der Waals surface area contributed by atoms with E-state index in [0.717, 1.165) is 10.5 Å². The number of anilines is 1. The van der Waals surface area contributed by atoms with Crippen molar-refractivity contribution in [2.45, 2.75) is 6.92 Å². The molecule has 3 aromatic rings. The number of halogens is 2. The number of thiocarbonyl (C=S) groups is 1. The summed E-state index contributed by atoms with van der Waals surface area (Å²) in [5.74, 6) is -0.877. The van der Waals surface area contributed by atoms with Crippen molar-refractivity contribution in [2.75, 3.05) is 4.90 Å². The lowest BCUT2D eigenvalue weighted by atomic mass is 10.1. The fraction of sp³-hybridized carbons (Fsp3) is 0.0455. The van der Waals surface area contributed by atoms with Crippen molar-refractivity contribution in [1.82, 2.24) is 5.32 Å². The van der Waals surface area contributed by atoms with Crippen LogP contribution in [0.5, 0.6) is 0 Å². The summed E-state index contributed by atoms with van der Waals surface area (Å²) in [5, 5.41) is 13.7. The van der Waals surface area contributed by atoms with Gasteiger partial charge in [-0.1, -0.05) is 35.3 Å². The van der Waals surface area contributed by atoms with Crippen LogP contribution in [0.3, 0.4) is 0 Å². The van der Waals surface area contributed by atoms with E-state index >= 15 is 0 Å². The predicted molar refractivity (Wildman–Crippen MR) is 128 cm³/mol. The molecule has 0 unspecified atom stereocenters. The molecule has 33 heavy (non-hydrogen) atoms. The molecule has 1 aromatic heterocycles. The summed E-state index contributed by atoms with van der Waals surface area (Å²) in [5.41, 5.74) is 1.17. The van der Waals surface area contributed by atoms with Gasteiger partial charge in [0.05, 0.1) is 20.7 Å². The largest absolute Gasteiger partial charge is 0.457 e. The molecule has 0 bridgehead atoms. The summed E-state index contributed by atoms with van der Waals surface area (Å²) in [6, 6.07) is 12.2. The lowest BCUT2D eigenvalue weighted by Gasteiger charge is -2.29. The maximum absolute atomic E-state index is 13.2. The van der Waals surface area contributed by atoms with E-state index in [2.05, 4.69) is 5.32 Å². The maximum atomic E-state index is 13.2. The van der Waals surface area contributed by atoms with Crippen molar-refractivity contribution in [1.29, 1.82) is 0 Å². The molecule has 1 saturated heterocycles. The Morgan fingerprint density at radius 1 is 1.15 bits per heavy atom. The molecule has 1 N–H and O–H groups in total. The van der Waals surface area contributed by atoms with E-state index in [1.807, 2.05) is 0 Å². The monoisotopic (exact) mass is 501 g/mol. The van der Waals surface area contributed by atoms with Crippen LogP contribution in [0.15, 0.2) is 58.5 Å². The van der Waals surface area contributed by atoms with Crippen molar-refractivity contribution in [2.24, 2.45) is 0 Å². The number of rotatable bonds is 4. The first-order valence-corrected chi connectivity index (χ1v) is 10.5. The van der Waals surface area contributed by atoms with Gasteiger partial charge in [0, 0.05) is 17.7 Å². The van der Waals surface area contributed by atoms with Gasteiger partial charge in [-0.3, -0.25) is 29.9 Å². The van der Waals surface area contributed by atoms with Crippen LogP contribution in [0.2, 0.25) is 10.0 Å². The Morgan fingerprint density at radius 2 is 1.91 bits per heavy atom. The first kappa shape index (κ1) is 22.7. The molecule has 0 aliphatic carbocycles. The first-order chi connectivity index (χ1) is 15.7. The smallest absolute Gasteiger partial charge is 0.270 e. The standard InChI is InChI=1S/C22H13Cl2N3O5S/c1-11-5-6-12(27(30)31)9-14(11)18-8-7-13(32-18)10-15-20(28)25-22(33)26(21(15)29)17-4-2-3-16(23)19(17)24/h2-10H,1H3,(H,25,28,33)/b15-10+. The quantitative estimate of drug-likeness (QED) is 0.171.